The van der Waals surface area contributed by atoms with Gasteiger partial charge in [0.05, 0.1) is 6.61 Å². The van der Waals surface area contributed by atoms with Crippen LogP contribution in [0, 0.1) is 5.92 Å². The number of benzene rings is 1. The zero-order valence-corrected chi connectivity index (χ0v) is 10.6. The largest absolute Gasteiger partial charge is 0.376 e. The number of hydrogen-bond acceptors (Lipinski definition) is 2. The molecule has 0 aliphatic rings. The molecule has 1 aromatic rings. The van der Waals surface area contributed by atoms with Crippen molar-refractivity contribution in [2.24, 2.45) is 5.92 Å². The summed E-state index contributed by atoms with van der Waals surface area (Å²) in [4.78, 5) is 0. The zero-order valence-electron chi connectivity index (χ0n) is 10.6. The molecule has 0 amide bonds. The average molecular weight is 221 g/mol. The SMILES string of the molecule is CCNCc1ccccc1COCC(C)C. The number of hydrogen-bond donors (Lipinski definition) is 1. The zero-order chi connectivity index (χ0) is 11.8. The minimum atomic E-state index is 0.598. The van der Waals surface area contributed by atoms with E-state index in [1.54, 1.807) is 0 Å². The summed E-state index contributed by atoms with van der Waals surface area (Å²) < 4.78 is 5.67. The smallest absolute Gasteiger partial charge is 0.0720 e. The van der Waals surface area contributed by atoms with Crippen LogP contribution in [0.2, 0.25) is 0 Å². The molecule has 0 heterocycles. The van der Waals surface area contributed by atoms with E-state index in [9.17, 15) is 0 Å². The van der Waals surface area contributed by atoms with Crippen LogP contribution in [0.15, 0.2) is 24.3 Å². The molecular weight excluding hydrogens is 198 g/mol. The van der Waals surface area contributed by atoms with E-state index in [4.69, 9.17) is 4.74 Å². The Hall–Kier alpha value is -0.860. The van der Waals surface area contributed by atoms with E-state index >= 15 is 0 Å². The fourth-order valence-corrected chi connectivity index (χ4v) is 1.54. The van der Waals surface area contributed by atoms with Gasteiger partial charge in [0, 0.05) is 13.2 Å². The summed E-state index contributed by atoms with van der Waals surface area (Å²) in [5, 5.41) is 3.35. The molecule has 0 fully saturated rings. The van der Waals surface area contributed by atoms with Crippen LogP contribution in [-0.4, -0.2) is 13.2 Å². The lowest BCUT2D eigenvalue weighted by molar-refractivity contribution is 0.0965. The molecule has 1 aromatic carbocycles. The molecule has 0 bridgehead atoms. The first-order chi connectivity index (χ1) is 7.74. The lowest BCUT2D eigenvalue weighted by atomic mass is 10.1. The highest BCUT2D eigenvalue weighted by molar-refractivity contribution is 5.26. The van der Waals surface area contributed by atoms with Gasteiger partial charge in [0.1, 0.15) is 0 Å². The lowest BCUT2D eigenvalue weighted by Gasteiger charge is -2.11. The van der Waals surface area contributed by atoms with Gasteiger partial charge in [-0.05, 0) is 23.6 Å². The molecule has 0 aromatic heterocycles. The highest BCUT2D eigenvalue weighted by Crippen LogP contribution is 2.10. The third kappa shape index (κ3) is 4.77. The monoisotopic (exact) mass is 221 g/mol. The van der Waals surface area contributed by atoms with Crippen LogP contribution in [0.3, 0.4) is 0 Å². The Balaban J connectivity index is 2.49. The quantitative estimate of drug-likeness (QED) is 0.764. The summed E-state index contributed by atoms with van der Waals surface area (Å²) in [6, 6.07) is 8.46. The molecule has 2 heteroatoms. The fourth-order valence-electron chi connectivity index (χ4n) is 1.54. The van der Waals surface area contributed by atoms with E-state index in [0.29, 0.717) is 5.92 Å². The minimum Gasteiger partial charge on any atom is -0.376 e. The first kappa shape index (κ1) is 13.2. The molecule has 16 heavy (non-hydrogen) atoms. The second kappa shape index (κ2) is 7.42. The standard InChI is InChI=1S/C14H23NO/c1-4-15-9-13-7-5-6-8-14(13)11-16-10-12(2)3/h5-8,12,15H,4,9-11H2,1-3H3. The molecule has 0 spiro atoms. The number of ether oxygens (including phenoxy) is 1. The normalized spacial score (nSPS) is 11.0. The molecule has 1 rings (SSSR count). The van der Waals surface area contributed by atoms with E-state index in [2.05, 4.69) is 50.4 Å². The van der Waals surface area contributed by atoms with Gasteiger partial charge in [0.25, 0.3) is 0 Å². The molecule has 2 nitrogen and oxygen atoms in total. The predicted molar refractivity (Wildman–Crippen MR) is 68.3 cm³/mol. The van der Waals surface area contributed by atoms with Gasteiger partial charge in [-0.3, -0.25) is 0 Å². The van der Waals surface area contributed by atoms with Crippen molar-refractivity contribution in [3.63, 3.8) is 0 Å². The third-order valence-corrected chi connectivity index (χ3v) is 2.39. The highest BCUT2D eigenvalue weighted by atomic mass is 16.5. The molecule has 90 valence electrons. The molecule has 0 saturated carbocycles. The van der Waals surface area contributed by atoms with Gasteiger partial charge in [-0.25, -0.2) is 0 Å². The van der Waals surface area contributed by atoms with Crippen molar-refractivity contribution in [1.29, 1.82) is 0 Å². The molecule has 1 N–H and O–H groups in total. The average Bonchev–Trinajstić information content (AvgIpc) is 2.27. The van der Waals surface area contributed by atoms with E-state index < -0.39 is 0 Å². The third-order valence-electron chi connectivity index (χ3n) is 2.39. The summed E-state index contributed by atoms with van der Waals surface area (Å²) in [7, 11) is 0. The summed E-state index contributed by atoms with van der Waals surface area (Å²) >= 11 is 0. The van der Waals surface area contributed by atoms with Gasteiger partial charge in [0.15, 0.2) is 0 Å². The summed E-state index contributed by atoms with van der Waals surface area (Å²) in [6.07, 6.45) is 0. The molecule has 0 aliphatic heterocycles. The molecule has 0 radical (unpaired) electrons. The van der Waals surface area contributed by atoms with Gasteiger partial charge in [-0.2, -0.15) is 0 Å². The van der Waals surface area contributed by atoms with Crippen molar-refractivity contribution in [2.75, 3.05) is 13.2 Å². The van der Waals surface area contributed by atoms with Crippen molar-refractivity contribution in [2.45, 2.75) is 33.9 Å². The Morgan fingerprint density at radius 1 is 1.19 bits per heavy atom. The second-order valence-electron chi connectivity index (χ2n) is 4.46. The number of rotatable bonds is 7. The van der Waals surface area contributed by atoms with Gasteiger partial charge < -0.3 is 10.1 Å². The Morgan fingerprint density at radius 2 is 1.88 bits per heavy atom. The van der Waals surface area contributed by atoms with Crippen LogP contribution < -0.4 is 5.32 Å². The fraction of sp³-hybridized carbons (Fsp3) is 0.571. The Morgan fingerprint density at radius 3 is 2.50 bits per heavy atom. The minimum absolute atomic E-state index is 0.598. The van der Waals surface area contributed by atoms with Crippen LogP contribution >= 0.6 is 0 Å². The molecule has 0 unspecified atom stereocenters. The van der Waals surface area contributed by atoms with Gasteiger partial charge in [-0.1, -0.05) is 45.0 Å². The maximum atomic E-state index is 5.67. The maximum absolute atomic E-state index is 5.67. The Kier molecular flexibility index (Phi) is 6.12. The van der Waals surface area contributed by atoms with E-state index in [0.717, 1.165) is 26.3 Å². The molecule has 0 saturated heterocycles. The van der Waals surface area contributed by atoms with Crippen molar-refractivity contribution in [1.82, 2.24) is 5.32 Å². The van der Waals surface area contributed by atoms with Crippen LogP contribution in [0.1, 0.15) is 31.9 Å². The second-order valence-corrected chi connectivity index (χ2v) is 4.46. The van der Waals surface area contributed by atoms with Crippen molar-refractivity contribution in [3.05, 3.63) is 35.4 Å². The first-order valence-corrected chi connectivity index (χ1v) is 6.09. The number of nitrogens with one attached hydrogen (secondary N) is 1. The summed E-state index contributed by atoms with van der Waals surface area (Å²) in [5.74, 6) is 0.598. The highest BCUT2D eigenvalue weighted by Gasteiger charge is 2.01. The lowest BCUT2D eigenvalue weighted by Crippen LogP contribution is -2.14. The van der Waals surface area contributed by atoms with Crippen molar-refractivity contribution >= 4 is 0 Å². The van der Waals surface area contributed by atoms with Gasteiger partial charge in [-0.15, -0.1) is 0 Å². The predicted octanol–water partition coefficient (Wildman–Crippen LogP) is 2.97. The van der Waals surface area contributed by atoms with Gasteiger partial charge >= 0.3 is 0 Å². The van der Waals surface area contributed by atoms with E-state index in [1.807, 2.05) is 0 Å². The van der Waals surface area contributed by atoms with E-state index in [-0.39, 0.29) is 0 Å². The molecular formula is C14H23NO. The van der Waals surface area contributed by atoms with Crippen LogP contribution in [0.4, 0.5) is 0 Å². The van der Waals surface area contributed by atoms with Crippen LogP contribution in [0.25, 0.3) is 0 Å². The van der Waals surface area contributed by atoms with E-state index in [1.165, 1.54) is 11.1 Å². The van der Waals surface area contributed by atoms with Crippen LogP contribution in [0.5, 0.6) is 0 Å². The molecule has 0 aliphatic carbocycles. The van der Waals surface area contributed by atoms with Gasteiger partial charge in [0.2, 0.25) is 0 Å². The van der Waals surface area contributed by atoms with Crippen molar-refractivity contribution in [3.8, 4) is 0 Å². The maximum Gasteiger partial charge on any atom is 0.0720 e. The van der Waals surface area contributed by atoms with Crippen LogP contribution in [-0.2, 0) is 17.9 Å². The molecule has 0 atom stereocenters. The Bertz CT molecular complexity index is 297. The first-order valence-electron chi connectivity index (χ1n) is 6.09. The topological polar surface area (TPSA) is 21.3 Å². The summed E-state index contributed by atoms with van der Waals surface area (Å²) in [6.45, 7) is 9.95. The Labute approximate surface area is 99.0 Å². The summed E-state index contributed by atoms with van der Waals surface area (Å²) in [5.41, 5.74) is 2.64. The van der Waals surface area contributed by atoms with Crippen molar-refractivity contribution < 1.29 is 4.74 Å².